The van der Waals surface area contributed by atoms with Gasteiger partial charge in [-0.3, -0.25) is 10.1 Å². The summed E-state index contributed by atoms with van der Waals surface area (Å²) in [6.07, 6.45) is 0.186. The highest BCUT2D eigenvalue weighted by Gasteiger charge is 2.21. The number of carbonyl (C=O) groups is 3. The van der Waals surface area contributed by atoms with Crippen molar-refractivity contribution in [1.82, 2.24) is 5.32 Å². The maximum Gasteiger partial charge on any atom is 0.414 e. The summed E-state index contributed by atoms with van der Waals surface area (Å²) in [4.78, 5) is 36.1. The molecule has 8 nitrogen and oxygen atoms in total. The van der Waals surface area contributed by atoms with Gasteiger partial charge in [0, 0.05) is 11.1 Å². The molecule has 0 radical (unpaired) electrons. The van der Waals surface area contributed by atoms with Crippen molar-refractivity contribution in [3.63, 3.8) is 0 Å². The lowest BCUT2D eigenvalue weighted by atomic mass is 10.1. The topological polar surface area (TPSA) is 118 Å². The summed E-state index contributed by atoms with van der Waals surface area (Å²) in [6.45, 7) is 7.24. The number of rotatable bonds is 6. The van der Waals surface area contributed by atoms with E-state index in [4.69, 9.17) is 10.00 Å². The number of alkyl carbamates (subject to hydrolysis) is 1. The quantitative estimate of drug-likeness (QED) is 0.452. The number of hydrogen-bond acceptors (Lipinski definition) is 8. The van der Waals surface area contributed by atoms with E-state index in [1.165, 1.54) is 11.3 Å². The lowest BCUT2D eigenvalue weighted by molar-refractivity contribution is -0.116. The van der Waals surface area contributed by atoms with Crippen LogP contribution in [0.4, 0.5) is 9.80 Å². The van der Waals surface area contributed by atoms with E-state index in [1.807, 2.05) is 12.2 Å². The molecule has 0 saturated carbocycles. The summed E-state index contributed by atoms with van der Waals surface area (Å²) in [5, 5.41) is 14.2. The van der Waals surface area contributed by atoms with E-state index in [9.17, 15) is 14.4 Å². The Morgan fingerprint density at radius 1 is 1.20 bits per heavy atom. The van der Waals surface area contributed by atoms with Gasteiger partial charge in [-0.1, -0.05) is 0 Å². The Bertz CT molecular complexity index is 746. The fourth-order valence-corrected chi connectivity index (χ4v) is 2.81. The van der Waals surface area contributed by atoms with Crippen LogP contribution in [0.15, 0.2) is 11.8 Å². The van der Waals surface area contributed by atoms with Crippen LogP contribution >= 0.6 is 11.3 Å². The maximum absolute atomic E-state index is 12.1. The summed E-state index contributed by atoms with van der Waals surface area (Å²) < 4.78 is 9.60. The van der Waals surface area contributed by atoms with Crippen LogP contribution in [0.2, 0.25) is 0 Å². The Hall–Kier alpha value is -2.86. The van der Waals surface area contributed by atoms with Crippen molar-refractivity contribution in [3.8, 4) is 6.07 Å². The number of ether oxygens (including phenoxy) is 2. The van der Waals surface area contributed by atoms with E-state index < -0.39 is 18.0 Å². The van der Waals surface area contributed by atoms with Gasteiger partial charge in [-0.15, -0.1) is 11.3 Å². The van der Waals surface area contributed by atoms with Crippen LogP contribution in [0, 0.1) is 25.2 Å². The number of imide groups is 1. The molecule has 1 rings (SSSR count). The van der Waals surface area contributed by atoms with Crippen LogP contribution in [-0.2, 0) is 14.3 Å². The number of nitrogens with one attached hydrogen (secondary N) is 2. The minimum atomic E-state index is -0.941. The molecule has 134 valence electrons. The number of aryl methyl sites for hydroxylation is 1. The molecule has 1 heterocycles. The first kappa shape index (κ1) is 20.2. The highest BCUT2D eigenvalue weighted by Crippen LogP contribution is 2.33. The summed E-state index contributed by atoms with van der Waals surface area (Å²) in [6, 6.07) is 1.68. The molecule has 1 aromatic rings. The second kappa shape index (κ2) is 9.44. The van der Waals surface area contributed by atoms with E-state index in [-0.39, 0.29) is 18.8 Å². The summed E-state index contributed by atoms with van der Waals surface area (Å²) in [5.74, 6) is -1.40. The number of amides is 2. The normalized spacial score (nSPS) is 10.6. The Balaban J connectivity index is 3.01. The Kier molecular flexibility index (Phi) is 7.62. The molecule has 9 heteroatoms. The van der Waals surface area contributed by atoms with E-state index in [1.54, 1.807) is 26.8 Å². The van der Waals surface area contributed by atoms with Crippen LogP contribution in [0.1, 0.15) is 34.6 Å². The first-order valence-electron chi connectivity index (χ1n) is 7.47. The van der Waals surface area contributed by atoms with Crippen molar-refractivity contribution >= 4 is 34.3 Å². The predicted molar refractivity (Wildman–Crippen MR) is 92.2 cm³/mol. The standard InChI is InChI=1S/C16H19N3O5S/c1-5-23-15(21)12-9(3)10(4)25-14(12)18-8-11(7-17)13(20)19-16(22)24-6-2/h8,18H,5-6H2,1-4H3,(H,19,20,22)/b11-8-. The zero-order valence-electron chi connectivity index (χ0n) is 14.4. The molecule has 25 heavy (non-hydrogen) atoms. The number of thiophene rings is 1. The molecule has 0 aliphatic carbocycles. The lowest BCUT2D eigenvalue weighted by Crippen LogP contribution is -2.32. The Labute approximate surface area is 149 Å². The van der Waals surface area contributed by atoms with E-state index in [0.717, 1.165) is 16.6 Å². The number of esters is 1. The monoisotopic (exact) mass is 365 g/mol. The van der Waals surface area contributed by atoms with Crippen molar-refractivity contribution in [2.45, 2.75) is 27.7 Å². The smallest absolute Gasteiger partial charge is 0.414 e. The number of nitrogens with zero attached hydrogens (tertiary/aromatic N) is 1. The number of anilines is 1. The van der Waals surface area contributed by atoms with Gasteiger partial charge in [0.25, 0.3) is 5.91 Å². The van der Waals surface area contributed by atoms with Gasteiger partial charge in [0.15, 0.2) is 0 Å². The summed E-state index contributed by atoms with van der Waals surface area (Å²) >= 11 is 1.29. The van der Waals surface area contributed by atoms with Crippen LogP contribution < -0.4 is 10.6 Å². The Morgan fingerprint density at radius 2 is 1.84 bits per heavy atom. The third kappa shape index (κ3) is 5.32. The van der Waals surface area contributed by atoms with Crippen molar-refractivity contribution in [3.05, 3.63) is 27.8 Å². The van der Waals surface area contributed by atoms with Gasteiger partial charge in [-0.2, -0.15) is 5.26 Å². The van der Waals surface area contributed by atoms with Crippen LogP contribution in [0.5, 0.6) is 0 Å². The zero-order valence-corrected chi connectivity index (χ0v) is 15.2. The van der Waals surface area contributed by atoms with Crippen molar-refractivity contribution < 1.29 is 23.9 Å². The minimum absolute atomic E-state index is 0.0968. The molecular weight excluding hydrogens is 346 g/mol. The highest BCUT2D eigenvalue weighted by atomic mass is 32.1. The highest BCUT2D eigenvalue weighted by molar-refractivity contribution is 7.16. The number of nitriles is 1. The van der Waals surface area contributed by atoms with E-state index in [2.05, 4.69) is 10.1 Å². The fraction of sp³-hybridized carbons (Fsp3) is 0.375. The van der Waals surface area contributed by atoms with E-state index in [0.29, 0.717) is 10.6 Å². The molecule has 0 saturated heterocycles. The molecule has 0 aliphatic rings. The van der Waals surface area contributed by atoms with Crippen LogP contribution in [-0.4, -0.2) is 31.2 Å². The largest absolute Gasteiger partial charge is 0.462 e. The van der Waals surface area contributed by atoms with Gasteiger partial charge in [-0.25, -0.2) is 9.59 Å². The van der Waals surface area contributed by atoms with Gasteiger partial charge < -0.3 is 14.8 Å². The fourth-order valence-electron chi connectivity index (χ4n) is 1.79. The number of hydrogen-bond donors (Lipinski definition) is 2. The third-order valence-electron chi connectivity index (χ3n) is 3.07. The van der Waals surface area contributed by atoms with E-state index >= 15 is 0 Å². The second-order valence-electron chi connectivity index (χ2n) is 4.70. The summed E-state index contributed by atoms with van der Waals surface area (Å²) in [7, 11) is 0. The predicted octanol–water partition coefficient (Wildman–Crippen LogP) is 2.63. The zero-order chi connectivity index (χ0) is 19.0. The molecule has 0 unspecified atom stereocenters. The van der Waals surface area contributed by atoms with Gasteiger partial charge in [0.05, 0.1) is 18.8 Å². The van der Waals surface area contributed by atoms with Gasteiger partial charge in [0.1, 0.15) is 16.6 Å². The molecule has 0 atom stereocenters. The average Bonchev–Trinajstić information content (AvgIpc) is 2.83. The third-order valence-corrected chi connectivity index (χ3v) is 4.21. The number of carbonyl (C=O) groups excluding carboxylic acids is 3. The van der Waals surface area contributed by atoms with Gasteiger partial charge in [-0.05, 0) is 33.3 Å². The molecule has 0 bridgehead atoms. The maximum atomic E-state index is 12.1. The molecule has 2 N–H and O–H groups in total. The van der Waals surface area contributed by atoms with Crippen molar-refractivity contribution in [1.29, 1.82) is 5.26 Å². The molecule has 0 spiro atoms. The van der Waals surface area contributed by atoms with Gasteiger partial charge in [0.2, 0.25) is 0 Å². The van der Waals surface area contributed by atoms with Crippen LogP contribution in [0.3, 0.4) is 0 Å². The molecule has 0 aliphatic heterocycles. The minimum Gasteiger partial charge on any atom is -0.462 e. The first-order chi connectivity index (χ1) is 11.8. The average molecular weight is 365 g/mol. The molecule has 2 amide bonds. The van der Waals surface area contributed by atoms with Crippen molar-refractivity contribution in [2.75, 3.05) is 18.5 Å². The first-order valence-corrected chi connectivity index (χ1v) is 8.29. The summed E-state index contributed by atoms with van der Waals surface area (Å²) in [5.41, 5.74) is 0.768. The SMILES string of the molecule is CCOC(=O)NC(=O)/C(C#N)=C\Nc1sc(C)c(C)c1C(=O)OCC. The Morgan fingerprint density at radius 3 is 2.40 bits per heavy atom. The molecular formula is C16H19N3O5S. The molecule has 1 aromatic heterocycles. The van der Waals surface area contributed by atoms with Crippen LogP contribution in [0.25, 0.3) is 0 Å². The lowest BCUT2D eigenvalue weighted by Gasteiger charge is -2.06. The second-order valence-corrected chi connectivity index (χ2v) is 5.92. The van der Waals surface area contributed by atoms with Gasteiger partial charge >= 0.3 is 12.1 Å². The molecule has 0 aromatic carbocycles. The molecule has 0 fully saturated rings. The van der Waals surface area contributed by atoms with Crippen molar-refractivity contribution in [2.24, 2.45) is 0 Å².